The second kappa shape index (κ2) is 6.71. The Morgan fingerprint density at radius 3 is 2.21 bits per heavy atom. The van der Waals surface area contributed by atoms with E-state index in [1.807, 2.05) is 0 Å². The molecule has 0 bridgehead atoms. The van der Waals surface area contributed by atoms with Gasteiger partial charge in [0, 0.05) is 12.6 Å². The van der Waals surface area contributed by atoms with Crippen molar-refractivity contribution in [3.05, 3.63) is 0 Å². The number of hydrogen-bond donors (Lipinski definition) is 1. The molecule has 1 rings (SSSR count). The van der Waals surface area contributed by atoms with Crippen LogP contribution in [0.25, 0.3) is 0 Å². The van der Waals surface area contributed by atoms with Gasteiger partial charge in [0.05, 0.1) is 12.2 Å². The molecule has 0 spiro atoms. The lowest BCUT2D eigenvalue weighted by atomic mass is 10.0. The predicted octanol–water partition coefficient (Wildman–Crippen LogP) is 1.77. The Kier molecular flexibility index (Phi) is 5.81. The first-order chi connectivity index (χ1) is 8.73. The average Bonchev–Trinajstić information content (AvgIpc) is 2.54. The molecule has 1 heterocycles. The van der Waals surface area contributed by atoms with E-state index < -0.39 is 0 Å². The summed E-state index contributed by atoms with van der Waals surface area (Å²) in [5, 5.41) is 3.53. The summed E-state index contributed by atoms with van der Waals surface area (Å²) in [7, 11) is 4.11. The number of nitrogens with zero attached hydrogens (tertiary/aromatic N) is 2. The molecule has 112 valence electrons. The lowest BCUT2D eigenvalue weighted by Gasteiger charge is -2.34. The summed E-state index contributed by atoms with van der Waals surface area (Å²) in [5.74, 6) is 1.26. The van der Waals surface area contributed by atoms with Crippen molar-refractivity contribution in [1.82, 2.24) is 15.1 Å². The fourth-order valence-electron chi connectivity index (χ4n) is 2.94. The van der Waals surface area contributed by atoms with Crippen LogP contribution in [0, 0.1) is 11.8 Å². The van der Waals surface area contributed by atoms with Gasteiger partial charge in [-0.05, 0) is 39.3 Å². The van der Waals surface area contributed by atoms with Gasteiger partial charge in [-0.15, -0.1) is 0 Å². The number of likely N-dealkylation sites (N-methyl/N-ethyl adjacent to an activating group) is 1. The molecule has 0 aliphatic carbocycles. The van der Waals surface area contributed by atoms with E-state index in [1.54, 1.807) is 0 Å². The van der Waals surface area contributed by atoms with Crippen LogP contribution in [-0.4, -0.2) is 54.6 Å². The van der Waals surface area contributed by atoms with Crippen LogP contribution in [0.2, 0.25) is 0 Å². The second-order valence-corrected chi connectivity index (χ2v) is 6.89. The molecule has 4 heteroatoms. The van der Waals surface area contributed by atoms with Gasteiger partial charge in [0.25, 0.3) is 0 Å². The SMILES string of the molecule is CC(C)CC1NC(C(C)C)N(C(C)CN(C)C)C1=O. The van der Waals surface area contributed by atoms with E-state index in [9.17, 15) is 4.79 Å². The van der Waals surface area contributed by atoms with Crippen molar-refractivity contribution in [2.24, 2.45) is 11.8 Å². The van der Waals surface area contributed by atoms with E-state index in [0.29, 0.717) is 11.8 Å². The molecule has 0 aromatic heterocycles. The monoisotopic (exact) mass is 269 g/mol. The smallest absolute Gasteiger partial charge is 0.241 e. The number of rotatable bonds is 6. The van der Waals surface area contributed by atoms with Crippen molar-refractivity contribution in [1.29, 1.82) is 0 Å². The van der Waals surface area contributed by atoms with Crippen molar-refractivity contribution < 1.29 is 4.79 Å². The van der Waals surface area contributed by atoms with Gasteiger partial charge >= 0.3 is 0 Å². The van der Waals surface area contributed by atoms with Crippen LogP contribution in [0.5, 0.6) is 0 Å². The number of hydrogen-bond acceptors (Lipinski definition) is 3. The largest absolute Gasteiger partial charge is 0.322 e. The molecule has 0 aromatic carbocycles. The third-order valence-electron chi connectivity index (χ3n) is 3.67. The summed E-state index contributed by atoms with van der Waals surface area (Å²) >= 11 is 0. The molecule has 0 aromatic rings. The topological polar surface area (TPSA) is 35.6 Å². The summed E-state index contributed by atoms with van der Waals surface area (Å²) in [5.41, 5.74) is 0. The first-order valence-corrected chi connectivity index (χ1v) is 7.47. The van der Waals surface area contributed by atoms with Gasteiger partial charge in [-0.2, -0.15) is 0 Å². The van der Waals surface area contributed by atoms with Gasteiger partial charge in [-0.1, -0.05) is 27.7 Å². The second-order valence-electron chi connectivity index (χ2n) is 6.89. The van der Waals surface area contributed by atoms with Crippen molar-refractivity contribution >= 4 is 5.91 Å². The zero-order chi connectivity index (χ0) is 14.7. The molecule has 1 amide bonds. The lowest BCUT2D eigenvalue weighted by molar-refractivity contribution is -0.133. The van der Waals surface area contributed by atoms with Crippen molar-refractivity contribution in [2.45, 2.75) is 59.3 Å². The van der Waals surface area contributed by atoms with Crippen LogP contribution >= 0.6 is 0 Å². The maximum atomic E-state index is 12.6. The van der Waals surface area contributed by atoms with Crippen LogP contribution in [-0.2, 0) is 4.79 Å². The molecule has 0 saturated carbocycles. The highest BCUT2D eigenvalue weighted by molar-refractivity contribution is 5.84. The standard InChI is InChI=1S/C15H31N3O/c1-10(2)8-13-15(19)18(12(5)9-17(6)7)14(16-13)11(3)4/h10-14,16H,8-9H2,1-7H3. The van der Waals surface area contributed by atoms with Gasteiger partial charge in [0.2, 0.25) is 5.91 Å². The van der Waals surface area contributed by atoms with Crippen LogP contribution in [0.1, 0.15) is 41.0 Å². The quantitative estimate of drug-likeness (QED) is 0.798. The molecule has 3 atom stereocenters. The highest BCUT2D eigenvalue weighted by atomic mass is 16.2. The predicted molar refractivity (Wildman–Crippen MR) is 79.9 cm³/mol. The van der Waals surface area contributed by atoms with E-state index >= 15 is 0 Å². The Hall–Kier alpha value is -0.610. The summed E-state index contributed by atoms with van der Waals surface area (Å²) in [6, 6.07) is 0.247. The molecule has 0 radical (unpaired) electrons. The Morgan fingerprint density at radius 2 is 1.79 bits per heavy atom. The van der Waals surface area contributed by atoms with Crippen LogP contribution < -0.4 is 5.32 Å². The maximum absolute atomic E-state index is 12.6. The minimum atomic E-state index is -0.00277. The van der Waals surface area contributed by atoms with Crippen LogP contribution in [0.4, 0.5) is 0 Å². The summed E-state index contributed by atoms with van der Waals surface area (Å²) in [6.07, 6.45) is 1.10. The number of carbonyl (C=O) groups excluding carboxylic acids is 1. The van der Waals surface area contributed by atoms with Gasteiger partial charge in [-0.25, -0.2) is 0 Å². The van der Waals surface area contributed by atoms with E-state index in [-0.39, 0.29) is 24.2 Å². The normalized spacial score (nSPS) is 26.0. The van der Waals surface area contributed by atoms with Gasteiger partial charge < -0.3 is 9.80 Å². The summed E-state index contributed by atoms with van der Waals surface area (Å²) < 4.78 is 0. The molecular weight excluding hydrogens is 238 g/mol. The fourth-order valence-corrected chi connectivity index (χ4v) is 2.94. The van der Waals surface area contributed by atoms with Crippen molar-refractivity contribution in [3.63, 3.8) is 0 Å². The fraction of sp³-hybridized carbons (Fsp3) is 0.933. The number of carbonyl (C=O) groups is 1. The zero-order valence-electron chi connectivity index (χ0n) is 13.6. The molecule has 1 fully saturated rings. The third kappa shape index (κ3) is 4.18. The first-order valence-electron chi connectivity index (χ1n) is 7.47. The zero-order valence-corrected chi connectivity index (χ0v) is 13.6. The first kappa shape index (κ1) is 16.4. The van der Waals surface area contributed by atoms with Crippen LogP contribution in [0.15, 0.2) is 0 Å². The third-order valence-corrected chi connectivity index (χ3v) is 3.67. The molecular formula is C15H31N3O. The van der Waals surface area contributed by atoms with Crippen molar-refractivity contribution in [3.8, 4) is 0 Å². The molecule has 3 unspecified atom stereocenters. The van der Waals surface area contributed by atoms with E-state index in [4.69, 9.17) is 0 Å². The van der Waals surface area contributed by atoms with Gasteiger partial charge in [-0.3, -0.25) is 10.1 Å². The van der Waals surface area contributed by atoms with E-state index in [1.165, 1.54) is 0 Å². The Balaban J connectivity index is 2.82. The Bertz CT molecular complexity index is 302. The average molecular weight is 269 g/mol. The highest BCUT2D eigenvalue weighted by Gasteiger charge is 2.42. The van der Waals surface area contributed by atoms with E-state index in [2.05, 4.69) is 63.8 Å². The molecule has 1 aliphatic heterocycles. The minimum Gasteiger partial charge on any atom is -0.322 e. The number of nitrogens with one attached hydrogen (secondary N) is 1. The molecule has 1 saturated heterocycles. The summed E-state index contributed by atoms with van der Waals surface area (Å²) in [4.78, 5) is 16.8. The van der Waals surface area contributed by atoms with Crippen LogP contribution in [0.3, 0.4) is 0 Å². The Labute approximate surface area is 118 Å². The maximum Gasteiger partial charge on any atom is 0.241 e. The molecule has 19 heavy (non-hydrogen) atoms. The summed E-state index contributed by atoms with van der Waals surface area (Å²) in [6.45, 7) is 11.8. The van der Waals surface area contributed by atoms with Gasteiger partial charge in [0.1, 0.15) is 0 Å². The minimum absolute atomic E-state index is 0.00277. The highest BCUT2D eigenvalue weighted by Crippen LogP contribution is 2.23. The molecule has 1 aliphatic rings. The lowest BCUT2D eigenvalue weighted by Crippen LogP contribution is -2.49. The number of amides is 1. The Morgan fingerprint density at radius 1 is 1.21 bits per heavy atom. The van der Waals surface area contributed by atoms with Gasteiger partial charge in [0.15, 0.2) is 0 Å². The van der Waals surface area contributed by atoms with Crippen molar-refractivity contribution in [2.75, 3.05) is 20.6 Å². The molecule has 1 N–H and O–H groups in total. The van der Waals surface area contributed by atoms with E-state index in [0.717, 1.165) is 13.0 Å². The molecule has 4 nitrogen and oxygen atoms in total.